The first-order valence-electron chi connectivity index (χ1n) is 8.87. The Morgan fingerprint density at radius 3 is 2.64 bits per heavy atom. The van der Waals surface area contributed by atoms with Gasteiger partial charge in [-0.05, 0) is 41.8 Å². The Hall–Kier alpha value is -2.92. The van der Waals surface area contributed by atoms with Gasteiger partial charge in [-0.2, -0.15) is 0 Å². The molecule has 1 amide bonds. The number of esters is 1. The minimum Gasteiger partial charge on any atom is -0.469 e. The van der Waals surface area contributed by atoms with E-state index in [0.717, 1.165) is 5.56 Å². The number of fused-ring (bicyclic) bond motifs is 2. The number of methoxy groups -OCH3 is 1. The van der Waals surface area contributed by atoms with E-state index in [0.29, 0.717) is 21.8 Å². The van der Waals surface area contributed by atoms with Gasteiger partial charge in [0, 0.05) is 23.3 Å². The van der Waals surface area contributed by atoms with Gasteiger partial charge in [0.05, 0.1) is 13.0 Å². The van der Waals surface area contributed by atoms with Gasteiger partial charge >= 0.3 is 5.97 Å². The van der Waals surface area contributed by atoms with E-state index in [1.807, 2.05) is 6.07 Å². The summed E-state index contributed by atoms with van der Waals surface area (Å²) in [6.45, 7) is 0. The summed E-state index contributed by atoms with van der Waals surface area (Å²) in [5.41, 5.74) is 0.990. The quantitative estimate of drug-likeness (QED) is 0.577. The first kappa shape index (κ1) is 18.4. The predicted octanol–water partition coefficient (Wildman–Crippen LogP) is 3.40. The molecular weight excluding hydrogens is 378 g/mol. The zero-order valence-corrected chi connectivity index (χ0v) is 16.2. The normalized spacial score (nSPS) is 23.6. The van der Waals surface area contributed by atoms with Crippen LogP contribution in [-0.2, 0) is 24.5 Å². The zero-order valence-electron chi connectivity index (χ0n) is 15.4. The van der Waals surface area contributed by atoms with E-state index in [1.54, 1.807) is 49.5 Å². The number of hydrogen-bond acceptors (Lipinski definition) is 4. The molecule has 0 unspecified atom stereocenters. The lowest BCUT2D eigenvalue weighted by Gasteiger charge is -2.36. The van der Waals surface area contributed by atoms with E-state index in [2.05, 4.69) is 0 Å². The molecule has 2 atom stereocenters. The highest BCUT2D eigenvalue weighted by Gasteiger charge is 2.63. The number of allylic oxidation sites excluding steroid dienone is 2. The minimum atomic E-state index is -1.60. The molecule has 0 aromatic heterocycles. The van der Waals surface area contributed by atoms with E-state index < -0.39 is 29.0 Å². The molecule has 0 fully saturated rings. The summed E-state index contributed by atoms with van der Waals surface area (Å²) < 4.78 is 5.02. The summed E-state index contributed by atoms with van der Waals surface area (Å²) >= 11 is 6.09. The number of ether oxygens (including phenoxy) is 1. The molecule has 28 heavy (non-hydrogen) atoms. The molecule has 4 rings (SSSR count). The Morgan fingerprint density at radius 2 is 1.93 bits per heavy atom. The molecule has 2 aliphatic rings. The number of rotatable bonds is 2. The van der Waals surface area contributed by atoms with Crippen molar-refractivity contribution >= 4 is 40.5 Å². The second kappa shape index (κ2) is 6.60. The number of amides is 1. The SMILES string of the molecule is COC(=O)[C@@H]1CC(c2cccc(Cl)c2)=CC(=O)[C@@]12C(=O)N(C)c1ccccc12. The fourth-order valence-corrected chi connectivity index (χ4v) is 4.52. The standard InChI is InChI=1S/C22H18ClNO4/c1-24-18-9-4-3-8-16(18)22(21(24)27)17(20(26)28-2)11-14(12-19(22)25)13-6-5-7-15(23)10-13/h3-10,12,17H,11H2,1-2H3/t17-,22-/m0/s1. The molecule has 0 N–H and O–H groups in total. The second-order valence-corrected chi connectivity index (χ2v) is 7.45. The second-order valence-electron chi connectivity index (χ2n) is 7.01. The Balaban J connectivity index is 1.94. The van der Waals surface area contributed by atoms with Gasteiger partial charge in [0.15, 0.2) is 11.2 Å². The van der Waals surface area contributed by atoms with Crippen molar-refractivity contribution in [3.05, 3.63) is 70.8 Å². The highest BCUT2D eigenvalue weighted by Crippen LogP contribution is 2.52. The van der Waals surface area contributed by atoms with Crippen LogP contribution in [0.5, 0.6) is 0 Å². The maximum atomic E-state index is 13.5. The van der Waals surface area contributed by atoms with Crippen LogP contribution in [0.2, 0.25) is 5.02 Å². The highest BCUT2D eigenvalue weighted by atomic mass is 35.5. The van der Waals surface area contributed by atoms with E-state index in [-0.39, 0.29) is 6.42 Å². The molecule has 6 heteroatoms. The minimum absolute atomic E-state index is 0.201. The summed E-state index contributed by atoms with van der Waals surface area (Å²) in [5, 5.41) is 0.530. The number of carbonyl (C=O) groups excluding carboxylic acids is 3. The molecule has 1 spiro atoms. The predicted molar refractivity (Wildman–Crippen MR) is 106 cm³/mol. The van der Waals surface area contributed by atoms with Crippen molar-refractivity contribution in [2.24, 2.45) is 5.92 Å². The maximum Gasteiger partial charge on any atom is 0.310 e. The van der Waals surface area contributed by atoms with Crippen LogP contribution in [0.15, 0.2) is 54.6 Å². The van der Waals surface area contributed by atoms with E-state index in [9.17, 15) is 14.4 Å². The van der Waals surface area contributed by atoms with Gasteiger partial charge in [-0.3, -0.25) is 14.4 Å². The molecule has 2 aromatic carbocycles. The Kier molecular flexibility index (Phi) is 4.35. The van der Waals surface area contributed by atoms with Crippen molar-refractivity contribution in [2.75, 3.05) is 19.1 Å². The van der Waals surface area contributed by atoms with Crippen LogP contribution < -0.4 is 4.90 Å². The van der Waals surface area contributed by atoms with Gasteiger partial charge in [0.1, 0.15) is 0 Å². The molecule has 142 valence electrons. The monoisotopic (exact) mass is 395 g/mol. The summed E-state index contributed by atoms with van der Waals surface area (Å²) in [7, 11) is 2.89. The fourth-order valence-electron chi connectivity index (χ4n) is 4.33. The molecule has 1 aliphatic carbocycles. The number of benzene rings is 2. The molecular formula is C22H18ClNO4. The lowest BCUT2D eigenvalue weighted by Crippen LogP contribution is -2.54. The van der Waals surface area contributed by atoms with Crippen LogP contribution in [0.25, 0.3) is 5.57 Å². The van der Waals surface area contributed by atoms with Gasteiger partial charge in [-0.1, -0.05) is 41.9 Å². The molecule has 5 nitrogen and oxygen atoms in total. The fraction of sp³-hybridized carbons (Fsp3) is 0.227. The lowest BCUT2D eigenvalue weighted by molar-refractivity contribution is -0.154. The molecule has 0 saturated heterocycles. The molecule has 1 heterocycles. The van der Waals surface area contributed by atoms with Crippen molar-refractivity contribution in [2.45, 2.75) is 11.8 Å². The van der Waals surface area contributed by atoms with E-state index in [4.69, 9.17) is 16.3 Å². The van der Waals surface area contributed by atoms with Gasteiger partial charge in [0.25, 0.3) is 0 Å². The first-order valence-corrected chi connectivity index (χ1v) is 9.25. The number of likely N-dealkylation sites (N-methyl/N-ethyl adjacent to an activating group) is 1. The molecule has 2 aromatic rings. The largest absolute Gasteiger partial charge is 0.469 e. The van der Waals surface area contributed by atoms with Crippen molar-refractivity contribution in [3.8, 4) is 0 Å². The van der Waals surface area contributed by atoms with Crippen LogP contribution in [0.1, 0.15) is 17.5 Å². The van der Waals surface area contributed by atoms with E-state index >= 15 is 0 Å². The van der Waals surface area contributed by atoms with Crippen LogP contribution in [0.4, 0.5) is 5.69 Å². The number of anilines is 1. The van der Waals surface area contributed by atoms with Crippen LogP contribution >= 0.6 is 11.6 Å². The smallest absolute Gasteiger partial charge is 0.310 e. The molecule has 0 bridgehead atoms. The molecule has 1 aliphatic heterocycles. The molecule has 0 saturated carbocycles. The third-order valence-electron chi connectivity index (χ3n) is 5.65. The number of halogens is 1. The number of carbonyl (C=O) groups is 3. The van der Waals surface area contributed by atoms with E-state index in [1.165, 1.54) is 18.1 Å². The van der Waals surface area contributed by atoms with Gasteiger partial charge in [0.2, 0.25) is 5.91 Å². The lowest BCUT2D eigenvalue weighted by atomic mass is 9.62. The van der Waals surface area contributed by atoms with Crippen LogP contribution in [-0.4, -0.2) is 31.8 Å². The van der Waals surface area contributed by atoms with Gasteiger partial charge in [-0.25, -0.2) is 0 Å². The Bertz CT molecular complexity index is 1040. The van der Waals surface area contributed by atoms with Gasteiger partial charge < -0.3 is 9.64 Å². The van der Waals surface area contributed by atoms with Crippen LogP contribution in [0, 0.1) is 5.92 Å². The number of para-hydroxylation sites is 1. The summed E-state index contributed by atoms with van der Waals surface area (Å²) in [4.78, 5) is 41.0. The van der Waals surface area contributed by atoms with Crippen molar-refractivity contribution in [3.63, 3.8) is 0 Å². The number of hydrogen-bond donors (Lipinski definition) is 0. The summed E-state index contributed by atoms with van der Waals surface area (Å²) in [6.07, 6.45) is 1.67. The average Bonchev–Trinajstić information content (AvgIpc) is 2.92. The Labute approximate surface area is 167 Å². The molecule has 0 radical (unpaired) electrons. The summed E-state index contributed by atoms with van der Waals surface area (Å²) in [5.74, 6) is -2.36. The number of nitrogens with zero attached hydrogens (tertiary/aromatic N) is 1. The third-order valence-corrected chi connectivity index (χ3v) is 5.89. The zero-order chi connectivity index (χ0) is 20.1. The topological polar surface area (TPSA) is 63.7 Å². The number of ketones is 1. The van der Waals surface area contributed by atoms with Crippen LogP contribution in [0.3, 0.4) is 0 Å². The van der Waals surface area contributed by atoms with Gasteiger partial charge in [-0.15, -0.1) is 0 Å². The maximum absolute atomic E-state index is 13.5. The Morgan fingerprint density at radius 1 is 1.18 bits per heavy atom. The highest BCUT2D eigenvalue weighted by molar-refractivity contribution is 6.31. The summed E-state index contributed by atoms with van der Waals surface area (Å²) in [6, 6.07) is 14.2. The van der Waals surface area contributed by atoms with Crippen molar-refractivity contribution in [1.29, 1.82) is 0 Å². The van der Waals surface area contributed by atoms with Crippen molar-refractivity contribution < 1.29 is 19.1 Å². The third kappa shape index (κ3) is 2.43. The average molecular weight is 396 g/mol. The van der Waals surface area contributed by atoms with Crippen molar-refractivity contribution in [1.82, 2.24) is 0 Å². The first-order chi connectivity index (χ1) is 13.4.